The van der Waals surface area contributed by atoms with Crippen LogP contribution in [0.4, 0.5) is 0 Å². The Balaban J connectivity index is 2.12. The molecule has 2 aliphatic heterocycles. The van der Waals surface area contributed by atoms with Crippen molar-refractivity contribution in [3.8, 4) is 0 Å². The lowest BCUT2D eigenvalue weighted by Crippen LogP contribution is -2.60. The Labute approximate surface area is 110 Å². The fraction of sp³-hybridized carbons (Fsp3) is 0.929. The van der Waals surface area contributed by atoms with Crippen LogP contribution < -0.4 is 0 Å². The second-order valence-corrected chi connectivity index (χ2v) is 6.88. The van der Waals surface area contributed by atoms with Crippen molar-refractivity contribution in [2.75, 3.05) is 7.05 Å². The highest BCUT2D eigenvalue weighted by Gasteiger charge is 2.45. The molecule has 2 fully saturated rings. The summed E-state index contributed by atoms with van der Waals surface area (Å²) in [7, 11) is 1.84. The molecule has 0 aromatic carbocycles. The molecular weight excluding hydrogens is 228 g/mol. The first-order valence-corrected chi connectivity index (χ1v) is 6.97. The summed E-state index contributed by atoms with van der Waals surface area (Å²) in [4.78, 5) is 19.5. The maximum absolute atomic E-state index is 11.6. The minimum absolute atomic E-state index is 0.0359. The van der Waals surface area contributed by atoms with Gasteiger partial charge >= 0.3 is 0 Å². The molecule has 0 spiro atoms. The van der Waals surface area contributed by atoms with E-state index in [4.69, 9.17) is 4.84 Å². The third-order valence-electron chi connectivity index (χ3n) is 4.33. The molecule has 4 nitrogen and oxygen atoms in total. The third-order valence-corrected chi connectivity index (χ3v) is 4.33. The molecule has 0 unspecified atom stereocenters. The van der Waals surface area contributed by atoms with E-state index >= 15 is 0 Å². The van der Waals surface area contributed by atoms with Crippen molar-refractivity contribution in [2.24, 2.45) is 0 Å². The van der Waals surface area contributed by atoms with Gasteiger partial charge in [0.2, 0.25) is 5.91 Å². The van der Waals surface area contributed by atoms with Crippen LogP contribution in [0, 0.1) is 0 Å². The van der Waals surface area contributed by atoms with E-state index in [1.165, 1.54) is 6.42 Å². The molecule has 2 saturated heterocycles. The zero-order valence-electron chi connectivity index (χ0n) is 12.3. The lowest BCUT2D eigenvalue weighted by molar-refractivity contribution is -0.320. The molecule has 18 heavy (non-hydrogen) atoms. The zero-order chi connectivity index (χ0) is 13.6. The monoisotopic (exact) mass is 254 g/mol. The van der Waals surface area contributed by atoms with Gasteiger partial charge in [0.1, 0.15) is 0 Å². The molecule has 0 radical (unpaired) electrons. The van der Waals surface area contributed by atoms with Crippen molar-refractivity contribution in [1.29, 1.82) is 0 Å². The summed E-state index contributed by atoms with van der Waals surface area (Å²) in [5.41, 5.74) is 0.0719. The SMILES string of the molecule is CN1C(=O)CC[C@H]1ON1C(C)(C)CCCC1(C)C. The van der Waals surface area contributed by atoms with Crippen molar-refractivity contribution < 1.29 is 9.63 Å². The van der Waals surface area contributed by atoms with E-state index in [-0.39, 0.29) is 23.2 Å². The van der Waals surface area contributed by atoms with E-state index in [0.717, 1.165) is 19.3 Å². The van der Waals surface area contributed by atoms with Gasteiger partial charge in [0.25, 0.3) is 0 Å². The fourth-order valence-corrected chi connectivity index (χ4v) is 3.28. The number of hydroxylamine groups is 2. The Hall–Kier alpha value is -0.610. The maximum Gasteiger partial charge on any atom is 0.224 e. The summed E-state index contributed by atoms with van der Waals surface area (Å²) in [5.74, 6) is 0.188. The summed E-state index contributed by atoms with van der Waals surface area (Å²) in [6, 6.07) is 0. The largest absolute Gasteiger partial charge is 0.318 e. The molecule has 2 aliphatic rings. The van der Waals surface area contributed by atoms with Crippen LogP contribution in [0.5, 0.6) is 0 Å². The van der Waals surface area contributed by atoms with E-state index in [1.54, 1.807) is 4.90 Å². The fourth-order valence-electron chi connectivity index (χ4n) is 3.28. The molecule has 4 heteroatoms. The van der Waals surface area contributed by atoms with Gasteiger partial charge in [-0.2, -0.15) is 5.06 Å². The topological polar surface area (TPSA) is 32.8 Å². The highest BCUT2D eigenvalue weighted by Crippen LogP contribution is 2.39. The first kappa shape index (κ1) is 13.8. The van der Waals surface area contributed by atoms with E-state index in [1.807, 2.05) is 7.05 Å². The van der Waals surface area contributed by atoms with E-state index in [0.29, 0.717) is 6.42 Å². The Bertz CT molecular complexity index is 323. The van der Waals surface area contributed by atoms with Crippen molar-refractivity contribution in [2.45, 2.75) is 77.1 Å². The first-order chi connectivity index (χ1) is 8.24. The second kappa shape index (κ2) is 4.49. The average Bonchev–Trinajstić information content (AvgIpc) is 2.54. The van der Waals surface area contributed by atoms with E-state index in [9.17, 15) is 4.79 Å². The molecule has 104 valence electrons. The van der Waals surface area contributed by atoms with Gasteiger partial charge in [-0.15, -0.1) is 0 Å². The predicted octanol–water partition coefficient (Wildman–Crippen LogP) is 2.54. The van der Waals surface area contributed by atoms with Crippen LogP contribution >= 0.6 is 0 Å². The summed E-state index contributed by atoms with van der Waals surface area (Å²) in [6.07, 6.45) is 4.84. The Morgan fingerprint density at radius 1 is 1.17 bits per heavy atom. The van der Waals surface area contributed by atoms with Crippen molar-refractivity contribution in [3.05, 3.63) is 0 Å². The minimum atomic E-state index is -0.0887. The van der Waals surface area contributed by atoms with Gasteiger partial charge in [0.15, 0.2) is 6.23 Å². The van der Waals surface area contributed by atoms with Crippen molar-refractivity contribution >= 4 is 5.91 Å². The number of amides is 1. The van der Waals surface area contributed by atoms with Gasteiger partial charge in [-0.3, -0.25) is 9.63 Å². The van der Waals surface area contributed by atoms with Gasteiger partial charge in [0.05, 0.1) is 0 Å². The number of piperidine rings is 1. The number of nitrogens with zero attached hydrogens (tertiary/aromatic N) is 2. The van der Waals surface area contributed by atoms with E-state index in [2.05, 4.69) is 32.8 Å². The summed E-state index contributed by atoms with van der Waals surface area (Å²) >= 11 is 0. The first-order valence-electron chi connectivity index (χ1n) is 6.97. The Kier molecular flexibility index (Phi) is 3.45. The number of carbonyl (C=O) groups excluding carboxylic acids is 1. The molecule has 0 bridgehead atoms. The number of hydrogen-bond acceptors (Lipinski definition) is 3. The van der Waals surface area contributed by atoms with Crippen molar-refractivity contribution in [1.82, 2.24) is 9.96 Å². The number of carbonyl (C=O) groups is 1. The van der Waals surface area contributed by atoms with Gasteiger partial charge < -0.3 is 4.90 Å². The maximum atomic E-state index is 11.6. The lowest BCUT2D eigenvalue weighted by atomic mass is 9.82. The van der Waals surface area contributed by atoms with Gasteiger partial charge in [-0.1, -0.05) is 0 Å². The van der Waals surface area contributed by atoms with Gasteiger partial charge in [-0.25, -0.2) is 0 Å². The summed E-state index contributed by atoms with van der Waals surface area (Å²) < 4.78 is 0. The molecule has 2 rings (SSSR count). The molecule has 0 N–H and O–H groups in total. The predicted molar refractivity (Wildman–Crippen MR) is 70.7 cm³/mol. The molecule has 0 aromatic rings. The highest BCUT2D eigenvalue weighted by molar-refractivity contribution is 5.78. The molecule has 1 amide bonds. The highest BCUT2D eigenvalue weighted by atomic mass is 16.7. The van der Waals surface area contributed by atoms with Crippen molar-refractivity contribution in [3.63, 3.8) is 0 Å². The van der Waals surface area contributed by atoms with Crippen LogP contribution in [0.3, 0.4) is 0 Å². The summed E-state index contributed by atoms with van der Waals surface area (Å²) in [6.45, 7) is 8.91. The zero-order valence-corrected chi connectivity index (χ0v) is 12.3. The quantitative estimate of drug-likeness (QED) is 0.759. The molecule has 0 aliphatic carbocycles. The number of likely N-dealkylation sites (tertiary alicyclic amines) is 1. The van der Waals surface area contributed by atoms with Crippen LogP contribution in [0.2, 0.25) is 0 Å². The minimum Gasteiger partial charge on any atom is -0.318 e. The van der Waals surface area contributed by atoms with Crippen LogP contribution in [-0.2, 0) is 9.63 Å². The standard InChI is InChI=1S/C14H26N2O2/c1-13(2)9-6-10-14(3,4)16(13)18-12-8-7-11(17)15(12)5/h12H,6-10H2,1-5H3/t12-/m1/s1. The van der Waals surface area contributed by atoms with Crippen LogP contribution in [0.25, 0.3) is 0 Å². The molecule has 2 heterocycles. The smallest absolute Gasteiger partial charge is 0.224 e. The Morgan fingerprint density at radius 2 is 1.72 bits per heavy atom. The Morgan fingerprint density at radius 3 is 2.17 bits per heavy atom. The third kappa shape index (κ3) is 2.41. The lowest BCUT2D eigenvalue weighted by Gasteiger charge is -2.52. The number of rotatable bonds is 2. The average molecular weight is 254 g/mol. The van der Waals surface area contributed by atoms with Crippen LogP contribution in [-0.4, -0.2) is 40.2 Å². The molecule has 0 aromatic heterocycles. The van der Waals surface area contributed by atoms with Crippen LogP contribution in [0.15, 0.2) is 0 Å². The van der Waals surface area contributed by atoms with E-state index < -0.39 is 0 Å². The molecule has 1 atom stereocenters. The molecular formula is C14H26N2O2. The number of hydrogen-bond donors (Lipinski definition) is 0. The molecule has 0 saturated carbocycles. The van der Waals surface area contributed by atoms with Gasteiger partial charge in [-0.05, 0) is 47.0 Å². The van der Waals surface area contributed by atoms with Crippen LogP contribution in [0.1, 0.15) is 59.8 Å². The second-order valence-electron chi connectivity index (χ2n) is 6.88. The van der Waals surface area contributed by atoms with Gasteiger partial charge in [0, 0.05) is 31.0 Å². The summed E-state index contributed by atoms with van der Waals surface area (Å²) in [5, 5.41) is 2.14. The normalized spacial score (nSPS) is 31.9.